The third-order valence-electron chi connectivity index (χ3n) is 4.21. The summed E-state index contributed by atoms with van der Waals surface area (Å²) in [5, 5.41) is 11.0. The van der Waals surface area contributed by atoms with Crippen molar-refractivity contribution in [3.63, 3.8) is 0 Å². The van der Waals surface area contributed by atoms with Crippen LogP contribution < -0.4 is 5.32 Å². The molecular formula is C14H22N4O2. The van der Waals surface area contributed by atoms with Gasteiger partial charge in [-0.1, -0.05) is 24.5 Å². The summed E-state index contributed by atoms with van der Waals surface area (Å²) in [7, 11) is 0. The number of hydrogen-bond acceptors (Lipinski definition) is 4. The maximum atomic E-state index is 12.0. The number of carbonyl (C=O) groups is 1. The highest BCUT2D eigenvalue weighted by Gasteiger charge is 2.21. The molecule has 2 fully saturated rings. The molecule has 1 aliphatic heterocycles. The third-order valence-corrected chi connectivity index (χ3v) is 4.21. The highest BCUT2D eigenvalue weighted by Crippen LogP contribution is 2.24. The van der Waals surface area contributed by atoms with E-state index in [0.717, 1.165) is 19.6 Å². The first-order valence-electron chi connectivity index (χ1n) is 7.60. The number of nitrogens with one attached hydrogen (secondary N) is 1. The van der Waals surface area contributed by atoms with E-state index in [4.69, 9.17) is 4.74 Å². The summed E-state index contributed by atoms with van der Waals surface area (Å²) in [4.78, 5) is 12.0. The Bertz CT molecular complexity index is 448. The predicted molar refractivity (Wildman–Crippen MR) is 73.3 cm³/mol. The van der Waals surface area contributed by atoms with Gasteiger partial charge >= 0.3 is 0 Å². The normalized spacial score (nSPS) is 23.9. The van der Waals surface area contributed by atoms with E-state index in [0.29, 0.717) is 18.2 Å². The number of amides is 1. The number of carbonyl (C=O) groups excluding carboxylic acids is 1. The molecule has 1 amide bonds. The molecule has 0 unspecified atom stereocenters. The van der Waals surface area contributed by atoms with Crippen molar-refractivity contribution < 1.29 is 9.53 Å². The Hall–Kier alpha value is -1.43. The van der Waals surface area contributed by atoms with Crippen molar-refractivity contribution in [3.8, 4) is 0 Å². The molecule has 0 spiro atoms. The Labute approximate surface area is 118 Å². The molecule has 1 aromatic rings. The van der Waals surface area contributed by atoms with E-state index in [1.165, 1.54) is 32.1 Å². The molecule has 0 radical (unpaired) electrons. The monoisotopic (exact) mass is 278 g/mol. The van der Waals surface area contributed by atoms with Crippen LogP contribution in [0.5, 0.6) is 0 Å². The van der Waals surface area contributed by atoms with Crippen molar-refractivity contribution in [2.75, 3.05) is 13.2 Å². The zero-order valence-electron chi connectivity index (χ0n) is 11.8. The predicted octanol–water partition coefficient (Wildman–Crippen LogP) is 1.38. The van der Waals surface area contributed by atoms with Crippen molar-refractivity contribution in [2.24, 2.45) is 5.92 Å². The lowest BCUT2D eigenvalue weighted by Crippen LogP contribution is -2.35. The number of hydrogen-bond donors (Lipinski definition) is 1. The lowest BCUT2D eigenvalue weighted by molar-refractivity contribution is 0.0924. The van der Waals surface area contributed by atoms with Crippen LogP contribution in [0.25, 0.3) is 0 Å². The summed E-state index contributed by atoms with van der Waals surface area (Å²) >= 11 is 0. The molecule has 110 valence electrons. The molecule has 6 nitrogen and oxygen atoms in total. The molecule has 2 aliphatic rings. The maximum Gasteiger partial charge on any atom is 0.273 e. The van der Waals surface area contributed by atoms with Crippen molar-refractivity contribution in [3.05, 3.63) is 11.9 Å². The van der Waals surface area contributed by atoms with Gasteiger partial charge in [0.25, 0.3) is 5.91 Å². The average molecular weight is 278 g/mol. The van der Waals surface area contributed by atoms with Gasteiger partial charge in [-0.3, -0.25) is 9.48 Å². The first-order chi connectivity index (χ1) is 9.81. The van der Waals surface area contributed by atoms with E-state index < -0.39 is 0 Å². The van der Waals surface area contributed by atoms with Crippen LogP contribution in [0.4, 0.5) is 0 Å². The quantitative estimate of drug-likeness (QED) is 0.903. The second kappa shape index (κ2) is 6.35. The molecular weight excluding hydrogens is 256 g/mol. The minimum absolute atomic E-state index is 0.117. The van der Waals surface area contributed by atoms with Gasteiger partial charge in [0.1, 0.15) is 0 Å². The SMILES string of the molecule is O=C(N[C@H]1CCOC1)c1cn(CC2CCCCC2)nn1. The smallest absolute Gasteiger partial charge is 0.273 e. The van der Waals surface area contributed by atoms with Crippen LogP contribution in [0.2, 0.25) is 0 Å². The van der Waals surface area contributed by atoms with Crippen LogP contribution in [0.15, 0.2) is 6.20 Å². The fourth-order valence-corrected chi connectivity index (χ4v) is 3.03. The lowest BCUT2D eigenvalue weighted by Gasteiger charge is -2.20. The molecule has 2 heterocycles. The van der Waals surface area contributed by atoms with E-state index in [2.05, 4.69) is 15.6 Å². The van der Waals surface area contributed by atoms with Gasteiger partial charge in [-0.2, -0.15) is 0 Å². The maximum absolute atomic E-state index is 12.0. The van der Waals surface area contributed by atoms with Gasteiger partial charge in [0, 0.05) is 13.2 Å². The Morgan fingerprint density at radius 3 is 2.95 bits per heavy atom. The van der Waals surface area contributed by atoms with Gasteiger partial charge in [0.15, 0.2) is 5.69 Å². The van der Waals surface area contributed by atoms with Crippen LogP contribution in [-0.4, -0.2) is 40.2 Å². The van der Waals surface area contributed by atoms with E-state index in [-0.39, 0.29) is 11.9 Å². The zero-order chi connectivity index (χ0) is 13.8. The van der Waals surface area contributed by atoms with Crippen LogP contribution in [0, 0.1) is 5.92 Å². The summed E-state index contributed by atoms with van der Waals surface area (Å²) in [5.41, 5.74) is 0.410. The largest absolute Gasteiger partial charge is 0.379 e. The fourth-order valence-electron chi connectivity index (χ4n) is 3.03. The molecule has 1 aliphatic carbocycles. The number of aromatic nitrogens is 3. The molecule has 3 rings (SSSR count). The van der Waals surface area contributed by atoms with Crippen LogP contribution in [-0.2, 0) is 11.3 Å². The summed E-state index contributed by atoms with van der Waals surface area (Å²) < 4.78 is 7.06. The summed E-state index contributed by atoms with van der Waals surface area (Å²) in [6.07, 6.45) is 9.15. The van der Waals surface area contributed by atoms with Gasteiger partial charge in [-0.05, 0) is 25.2 Å². The Balaban J connectivity index is 1.53. The third kappa shape index (κ3) is 3.36. The number of nitrogens with zero attached hydrogens (tertiary/aromatic N) is 3. The van der Waals surface area contributed by atoms with Crippen molar-refractivity contribution in [2.45, 2.75) is 51.1 Å². The van der Waals surface area contributed by atoms with E-state index >= 15 is 0 Å². The van der Waals surface area contributed by atoms with Gasteiger partial charge < -0.3 is 10.1 Å². The summed E-state index contributed by atoms with van der Waals surface area (Å²) in [6, 6.07) is 0.117. The van der Waals surface area contributed by atoms with E-state index in [1.54, 1.807) is 6.20 Å². The molecule has 1 saturated carbocycles. The number of ether oxygens (including phenoxy) is 1. The van der Waals surface area contributed by atoms with Crippen molar-refractivity contribution >= 4 is 5.91 Å². The molecule has 1 saturated heterocycles. The molecule has 0 bridgehead atoms. The first kappa shape index (κ1) is 13.5. The standard InChI is InChI=1S/C14H22N4O2/c19-14(15-12-6-7-20-10-12)13-9-18(17-16-13)8-11-4-2-1-3-5-11/h9,11-12H,1-8,10H2,(H,15,19)/t12-/m0/s1. The van der Waals surface area contributed by atoms with E-state index in [1.807, 2.05) is 4.68 Å². The fraction of sp³-hybridized carbons (Fsp3) is 0.786. The van der Waals surface area contributed by atoms with Crippen LogP contribution >= 0.6 is 0 Å². The minimum Gasteiger partial charge on any atom is -0.379 e. The van der Waals surface area contributed by atoms with Gasteiger partial charge in [0.2, 0.25) is 0 Å². The Kier molecular flexibility index (Phi) is 4.30. The topological polar surface area (TPSA) is 69.0 Å². The Morgan fingerprint density at radius 2 is 2.20 bits per heavy atom. The molecule has 6 heteroatoms. The van der Waals surface area contributed by atoms with Crippen LogP contribution in [0.3, 0.4) is 0 Å². The molecule has 1 N–H and O–H groups in total. The Morgan fingerprint density at radius 1 is 1.35 bits per heavy atom. The van der Waals surface area contributed by atoms with Gasteiger partial charge in [-0.15, -0.1) is 5.10 Å². The highest BCUT2D eigenvalue weighted by atomic mass is 16.5. The lowest BCUT2D eigenvalue weighted by atomic mass is 9.89. The summed E-state index contributed by atoms with van der Waals surface area (Å²) in [6.45, 7) is 2.20. The second-order valence-corrected chi connectivity index (χ2v) is 5.86. The zero-order valence-corrected chi connectivity index (χ0v) is 11.8. The average Bonchev–Trinajstić information content (AvgIpc) is 3.11. The van der Waals surface area contributed by atoms with Crippen molar-refractivity contribution in [1.29, 1.82) is 0 Å². The molecule has 1 atom stereocenters. The van der Waals surface area contributed by atoms with Gasteiger partial charge in [0.05, 0.1) is 18.8 Å². The molecule has 1 aromatic heterocycles. The van der Waals surface area contributed by atoms with Gasteiger partial charge in [-0.25, -0.2) is 0 Å². The molecule has 0 aromatic carbocycles. The number of rotatable bonds is 4. The second-order valence-electron chi connectivity index (χ2n) is 5.86. The minimum atomic E-state index is -0.143. The summed E-state index contributed by atoms with van der Waals surface area (Å²) in [5.74, 6) is 0.542. The van der Waals surface area contributed by atoms with Crippen molar-refractivity contribution in [1.82, 2.24) is 20.3 Å². The molecule has 20 heavy (non-hydrogen) atoms. The van der Waals surface area contributed by atoms with E-state index in [9.17, 15) is 4.79 Å². The highest BCUT2D eigenvalue weighted by molar-refractivity contribution is 5.92. The van der Waals surface area contributed by atoms with Crippen LogP contribution in [0.1, 0.15) is 49.0 Å². The first-order valence-corrected chi connectivity index (χ1v) is 7.60.